The van der Waals surface area contributed by atoms with Crippen LogP contribution in [0.15, 0.2) is 11.6 Å². The van der Waals surface area contributed by atoms with Crippen molar-refractivity contribution in [1.29, 1.82) is 0 Å². The molecule has 0 aliphatic heterocycles. The molecule has 0 radical (unpaired) electrons. The van der Waals surface area contributed by atoms with Gasteiger partial charge in [-0.25, -0.2) is 0 Å². The fourth-order valence-corrected chi connectivity index (χ4v) is 8.71. The van der Waals surface area contributed by atoms with Crippen molar-refractivity contribution in [2.24, 2.45) is 40.4 Å². The van der Waals surface area contributed by atoms with Gasteiger partial charge in [0.25, 0.3) is 0 Å². The zero-order valence-corrected chi connectivity index (χ0v) is 20.9. The first-order valence-corrected chi connectivity index (χ1v) is 13.8. The molecule has 1 heteroatoms. The third-order valence-electron chi connectivity index (χ3n) is 10.6. The predicted octanol–water partition coefficient (Wildman–Crippen LogP) is 8.15. The standard InChI is InChI=1S/C29H51N/c1-6-19-30-24-15-17-29(5)23(20-24)11-13-25-26-14-12-22(10-8-7-9-21(2)3)28(26,4)18-16-27(25)29/h11,21-22,24-27,30H,6-10,12-20H2,1-5H3. The summed E-state index contributed by atoms with van der Waals surface area (Å²) in [6.07, 6.45) is 21.6. The summed E-state index contributed by atoms with van der Waals surface area (Å²) in [5, 5.41) is 3.83. The number of hydrogen-bond donors (Lipinski definition) is 1. The van der Waals surface area contributed by atoms with Crippen molar-refractivity contribution in [3.8, 4) is 0 Å². The van der Waals surface area contributed by atoms with E-state index in [2.05, 4.69) is 46.0 Å². The highest BCUT2D eigenvalue weighted by molar-refractivity contribution is 5.25. The average Bonchev–Trinajstić information content (AvgIpc) is 3.05. The smallest absolute Gasteiger partial charge is 0.0105 e. The fourth-order valence-electron chi connectivity index (χ4n) is 8.71. The van der Waals surface area contributed by atoms with Crippen LogP contribution < -0.4 is 5.32 Å². The van der Waals surface area contributed by atoms with Crippen LogP contribution in [0.3, 0.4) is 0 Å². The lowest BCUT2D eigenvalue weighted by atomic mass is 9.47. The Balaban J connectivity index is 1.42. The van der Waals surface area contributed by atoms with Gasteiger partial charge in [-0.2, -0.15) is 0 Å². The van der Waals surface area contributed by atoms with Crippen LogP contribution in [-0.4, -0.2) is 12.6 Å². The van der Waals surface area contributed by atoms with E-state index in [4.69, 9.17) is 0 Å². The molecule has 0 saturated heterocycles. The van der Waals surface area contributed by atoms with Gasteiger partial charge in [-0.1, -0.05) is 65.5 Å². The monoisotopic (exact) mass is 413 g/mol. The van der Waals surface area contributed by atoms with Crippen LogP contribution in [-0.2, 0) is 0 Å². The van der Waals surface area contributed by atoms with E-state index in [1.54, 1.807) is 0 Å². The van der Waals surface area contributed by atoms with Crippen molar-refractivity contribution >= 4 is 0 Å². The third kappa shape index (κ3) is 4.18. The highest BCUT2D eigenvalue weighted by Crippen LogP contribution is 2.66. The van der Waals surface area contributed by atoms with Gasteiger partial charge in [-0.15, -0.1) is 0 Å². The molecule has 7 unspecified atom stereocenters. The Morgan fingerprint density at radius 1 is 1.03 bits per heavy atom. The normalized spacial score (nSPS) is 43.1. The van der Waals surface area contributed by atoms with Crippen molar-refractivity contribution in [3.05, 3.63) is 11.6 Å². The fraction of sp³-hybridized carbons (Fsp3) is 0.931. The van der Waals surface area contributed by atoms with Gasteiger partial charge in [-0.3, -0.25) is 0 Å². The SMILES string of the molecule is CCCNC1CCC2(C)C(=CCC3C2CCC2(C)C(CCCCC(C)C)CCC32)C1. The van der Waals surface area contributed by atoms with Crippen molar-refractivity contribution in [2.45, 2.75) is 124 Å². The van der Waals surface area contributed by atoms with Crippen molar-refractivity contribution < 1.29 is 0 Å². The zero-order valence-electron chi connectivity index (χ0n) is 20.9. The van der Waals surface area contributed by atoms with Crippen LogP contribution in [0, 0.1) is 40.4 Å². The molecule has 3 saturated carbocycles. The Hall–Kier alpha value is -0.300. The minimum atomic E-state index is 0.518. The molecule has 4 aliphatic carbocycles. The lowest BCUT2D eigenvalue weighted by molar-refractivity contribution is -0.0441. The Bertz CT molecular complexity index is 605. The summed E-state index contributed by atoms with van der Waals surface area (Å²) in [7, 11) is 0. The number of unbranched alkanes of at least 4 members (excludes halogenated alkanes) is 1. The second-order valence-corrected chi connectivity index (χ2v) is 12.7. The van der Waals surface area contributed by atoms with Crippen LogP contribution >= 0.6 is 0 Å². The molecule has 1 N–H and O–H groups in total. The molecular weight excluding hydrogens is 362 g/mol. The molecule has 0 heterocycles. The molecule has 7 atom stereocenters. The van der Waals surface area contributed by atoms with Crippen LogP contribution in [0.1, 0.15) is 118 Å². The number of rotatable bonds is 8. The van der Waals surface area contributed by atoms with E-state index in [-0.39, 0.29) is 0 Å². The van der Waals surface area contributed by atoms with E-state index in [0.29, 0.717) is 10.8 Å². The summed E-state index contributed by atoms with van der Waals surface area (Å²) < 4.78 is 0. The number of fused-ring (bicyclic) bond motifs is 5. The Morgan fingerprint density at radius 2 is 1.87 bits per heavy atom. The van der Waals surface area contributed by atoms with Crippen LogP contribution in [0.25, 0.3) is 0 Å². The lowest BCUT2D eigenvalue weighted by Gasteiger charge is -2.58. The maximum Gasteiger partial charge on any atom is 0.0105 e. The molecule has 0 aromatic rings. The molecule has 4 aliphatic rings. The maximum atomic E-state index is 3.83. The zero-order chi connectivity index (χ0) is 21.4. The van der Waals surface area contributed by atoms with E-state index in [1.807, 2.05) is 5.57 Å². The molecule has 0 spiro atoms. The van der Waals surface area contributed by atoms with E-state index in [0.717, 1.165) is 35.6 Å². The lowest BCUT2D eigenvalue weighted by Crippen LogP contribution is -2.51. The van der Waals surface area contributed by atoms with Crippen molar-refractivity contribution in [1.82, 2.24) is 5.32 Å². The maximum absolute atomic E-state index is 3.83. The molecule has 0 aromatic heterocycles. The van der Waals surface area contributed by atoms with E-state index >= 15 is 0 Å². The van der Waals surface area contributed by atoms with Crippen molar-refractivity contribution in [2.75, 3.05) is 6.54 Å². The molecule has 4 rings (SSSR count). The van der Waals surface area contributed by atoms with E-state index in [1.165, 1.54) is 90.0 Å². The largest absolute Gasteiger partial charge is 0.314 e. The predicted molar refractivity (Wildman–Crippen MR) is 131 cm³/mol. The van der Waals surface area contributed by atoms with Crippen molar-refractivity contribution in [3.63, 3.8) is 0 Å². The molecule has 0 amide bonds. The number of hydrogen-bond acceptors (Lipinski definition) is 1. The van der Waals surface area contributed by atoms with Gasteiger partial charge >= 0.3 is 0 Å². The molecule has 0 aromatic carbocycles. The van der Waals surface area contributed by atoms with Gasteiger partial charge in [0.2, 0.25) is 0 Å². The molecular formula is C29H51N. The highest BCUT2D eigenvalue weighted by atomic mass is 14.9. The first-order valence-electron chi connectivity index (χ1n) is 13.8. The van der Waals surface area contributed by atoms with Gasteiger partial charge < -0.3 is 5.32 Å². The quantitative estimate of drug-likeness (QED) is 0.312. The van der Waals surface area contributed by atoms with E-state index < -0.39 is 0 Å². The summed E-state index contributed by atoms with van der Waals surface area (Å²) in [6.45, 7) is 13.6. The minimum Gasteiger partial charge on any atom is -0.314 e. The molecule has 172 valence electrons. The van der Waals surface area contributed by atoms with Gasteiger partial charge in [0, 0.05) is 6.04 Å². The van der Waals surface area contributed by atoms with Crippen LogP contribution in [0.4, 0.5) is 0 Å². The molecule has 1 nitrogen and oxygen atoms in total. The summed E-state index contributed by atoms with van der Waals surface area (Å²) >= 11 is 0. The van der Waals surface area contributed by atoms with Gasteiger partial charge in [0.05, 0.1) is 0 Å². The highest BCUT2D eigenvalue weighted by Gasteiger charge is 2.58. The second-order valence-electron chi connectivity index (χ2n) is 12.7. The topological polar surface area (TPSA) is 12.0 Å². The average molecular weight is 414 g/mol. The molecule has 3 fully saturated rings. The molecule has 30 heavy (non-hydrogen) atoms. The van der Waals surface area contributed by atoms with Crippen LogP contribution in [0.5, 0.6) is 0 Å². The number of nitrogens with one attached hydrogen (secondary N) is 1. The Kier molecular flexibility index (Phi) is 7.08. The summed E-state index contributed by atoms with van der Waals surface area (Å²) in [4.78, 5) is 0. The van der Waals surface area contributed by atoms with Gasteiger partial charge in [0.15, 0.2) is 0 Å². The van der Waals surface area contributed by atoms with E-state index in [9.17, 15) is 0 Å². The first-order chi connectivity index (χ1) is 14.4. The second kappa shape index (κ2) is 9.29. The first kappa shape index (κ1) is 22.9. The Labute approximate surface area is 188 Å². The Morgan fingerprint density at radius 3 is 2.63 bits per heavy atom. The molecule has 0 bridgehead atoms. The summed E-state index contributed by atoms with van der Waals surface area (Å²) in [5.74, 6) is 4.86. The minimum absolute atomic E-state index is 0.518. The third-order valence-corrected chi connectivity index (χ3v) is 10.6. The summed E-state index contributed by atoms with van der Waals surface area (Å²) in [6, 6.07) is 0.747. The number of allylic oxidation sites excluding steroid dienone is 1. The van der Waals surface area contributed by atoms with Gasteiger partial charge in [0.1, 0.15) is 0 Å². The van der Waals surface area contributed by atoms with Crippen LogP contribution in [0.2, 0.25) is 0 Å². The van der Waals surface area contributed by atoms with Gasteiger partial charge in [-0.05, 0) is 111 Å². The summed E-state index contributed by atoms with van der Waals surface area (Å²) in [5.41, 5.74) is 3.01.